The van der Waals surface area contributed by atoms with Crippen molar-refractivity contribution in [2.75, 3.05) is 13.6 Å². The highest BCUT2D eigenvalue weighted by Crippen LogP contribution is 2.29. The SMILES string of the molecule is CN(CC(=O)NC(C)(C)c1ccc(F)cc1Cl)C1=NS(=O)(=O)c2ccccc21. The summed E-state index contributed by atoms with van der Waals surface area (Å²) < 4.78 is 41.4. The number of likely N-dealkylation sites (N-methyl/N-ethyl adjacent to an activating group) is 1. The minimum atomic E-state index is -3.76. The average Bonchev–Trinajstić information content (AvgIpc) is 2.86. The van der Waals surface area contributed by atoms with Crippen molar-refractivity contribution in [2.24, 2.45) is 4.40 Å². The number of benzene rings is 2. The normalized spacial score (nSPS) is 15.0. The molecule has 28 heavy (non-hydrogen) atoms. The molecule has 1 N–H and O–H groups in total. The van der Waals surface area contributed by atoms with Crippen LogP contribution < -0.4 is 5.32 Å². The molecule has 0 radical (unpaired) electrons. The van der Waals surface area contributed by atoms with Gasteiger partial charge in [0.1, 0.15) is 10.7 Å². The number of hydrogen-bond acceptors (Lipinski definition) is 4. The summed E-state index contributed by atoms with van der Waals surface area (Å²) in [5.41, 5.74) is 0.167. The molecule has 1 aliphatic heterocycles. The number of carbonyl (C=O) groups excluding carboxylic acids is 1. The summed E-state index contributed by atoms with van der Waals surface area (Å²) in [4.78, 5) is 14.2. The van der Waals surface area contributed by atoms with Gasteiger partial charge in [-0.1, -0.05) is 29.8 Å². The van der Waals surface area contributed by atoms with Crippen LogP contribution in [0.5, 0.6) is 0 Å². The highest BCUT2D eigenvalue weighted by Gasteiger charge is 2.32. The van der Waals surface area contributed by atoms with Crippen molar-refractivity contribution in [1.29, 1.82) is 0 Å². The largest absolute Gasteiger partial charge is 0.349 e. The predicted octanol–water partition coefficient (Wildman–Crippen LogP) is 2.91. The number of hydrogen-bond donors (Lipinski definition) is 1. The van der Waals surface area contributed by atoms with E-state index in [0.717, 1.165) is 0 Å². The lowest BCUT2D eigenvalue weighted by Gasteiger charge is -2.29. The minimum Gasteiger partial charge on any atom is -0.349 e. The summed E-state index contributed by atoms with van der Waals surface area (Å²) in [6.45, 7) is 3.37. The number of amides is 1. The van der Waals surface area contributed by atoms with E-state index in [4.69, 9.17) is 11.6 Å². The molecule has 2 aromatic rings. The van der Waals surface area contributed by atoms with Crippen molar-refractivity contribution in [3.05, 3.63) is 64.4 Å². The lowest BCUT2D eigenvalue weighted by Crippen LogP contribution is -2.46. The average molecular weight is 424 g/mol. The van der Waals surface area contributed by atoms with Crippen molar-refractivity contribution in [3.63, 3.8) is 0 Å². The Balaban J connectivity index is 1.77. The number of sulfonamides is 1. The molecule has 0 bridgehead atoms. The Kier molecular flexibility index (Phi) is 5.20. The van der Waals surface area contributed by atoms with Gasteiger partial charge in [-0.25, -0.2) is 4.39 Å². The van der Waals surface area contributed by atoms with E-state index >= 15 is 0 Å². The van der Waals surface area contributed by atoms with Crippen LogP contribution in [0.15, 0.2) is 51.8 Å². The van der Waals surface area contributed by atoms with Gasteiger partial charge in [-0.05, 0) is 43.7 Å². The summed E-state index contributed by atoms with van der Waals surface area (Å²) in [6.07, 6.45) is 0. The second-order valence-electron chi connectivity index (χ2n) is 7.04. The van der Waals surface area contributed by atoms with Crippen LogP contribution in [0.4, 0.5) is 4.39 Å². The molecule has 1 aliphatic rings. The van der Waals surface area contributed by atoms with Gasteiger partial charge >= 0.3 is 0 Å². The van der Waals surface area contributed by atoms with Gasteiger partial charge in [0.2, 0.25) is 5.91 Å². The fourth-order valence-corrected chi connectivity index (χ4v) is 4.76. The number of amidine groups is 1. The van der Waals surface area contributed by atoms with Gasteiger partial charge in [-0.3, -0.25) is 4.79 Å². The maximum Gasteiger partial charge on any atom is 0.285 e. The van der Waals surface area contributed by atoms with Crippen LogP contribution in [-0.2, 0) is 20.4 Å². The van der Waals surface area contributed by atoms with Crippen LogP contribution in [0.1, 0.15) is 25.0 Å². The van der Waals surface area contributed by atoms with Gasteiger partial charge in [0, 0.05) is 17.6 Å². The highest BCUT2D eigenvalue weighted by molar-refractivity contribution is 7.90. The number of rotatable bonds is 4. The van der Waals surface area contributed by atoms with E-state index in [1.807, 2.05) is 0 Å². The van der Waals surface area contributed by atoms with Crippen LogP contribution in [-0.4, -0.2) is 38.7 Å². The fraction of sp³-hybridized carbons (Fsp3) is 0.263. The zero-order valence-corrected chi connectivity index (χ0v) is 17.1. The first kappa shape index (κ1) is 20.3. The maximum atomic E-state index is 13.3. The van der Waals surface area contributed by atoms with Gasteiger partial charge in [0.05, 0.1) is 12.1 Å². The molecular formula is C19H19ClFN3O3S. The van der Waals surface area contributed by atoms with Gasteiger partial charge in [0.25, 0.3) is 10.0 Å². The van der Waals surface area contributed by atoms with Crippen molar-refractivity contribution < 1.29 is 17.6 Å². The van der Waals surface area contributed by atoms with Gasteiger partial charge in [-0.2, -0.15) is 8.42 Å². The minimum absolute atomic E-state index is 0.120. The quantitative estimate of drug-likeness (QED) is 0.820. The molecule has 1 heterocycles. The Morgan fingerprint density at radius 3 is 2.61 bits per heavy atom. The molecule has 0 spiro atoms. The lowest BCUT2D eigenvalue weighted by atomic mass is 9.94. The zero-order chi connectivity index (χ0) is 20.7. The number of nitrogens with zero attached hydrogens (tertiary/aromatic N) is 2. The Morgan fingerprint density at radius 2 is 1.93 bits per heavy atom. The molecule has 0 aromatic heterocycles. The molecule has 0 atom stereocenters. The molecule has 2 aromatic carbocycles. The number of carbonyl (C=O) groups is 1. The zero-order valence-electron chi connectivity index (χ0n) is 15.5. The maximum absolute atomic E-state index is 13.3. The van der Waals surface area contributed by atoms with E-state index < -0.39 is 21.4 Å². The molecular weight excluding hydrogens is 405 g/mol. The predicted molar refractivity (Wildman–Crippen MR) is 105 cm³/mol. The van der Waals surface area contributed by atoms with Gasteiger partial charge in [0.15, 0.2) is 5.84 Å². The van der Waals surface area contributed by atoms with E-state index in [9.17, 15) is 17.6 Å². The third kappa shape index (κ3) is 3.88. The van der Waals surface area contributed by atoms with E-state index in [-0.39, 0.29) is 28.2 Å². The Morgan fingerprint density at radius 1 is 1.25 bits per heavy atom. The molecule has 1 amide bonds. The number of fused-ring (bicyclic) bond motifs is 1. The van der Waals surface area contributed by atoms with Crippen molar-refractivity contribution >= 4 is 33.4 Å². The third-order valence-corrected chi connectivity index (χ3v) is 6.05. The van der Waals surface area contributed by atoms with Crippen LogP contribution >= 0.6 is 11.6 Å². The molecule has 0 saturated heterocycles. The second kappa shape index (κ2) is 7.18. The molecule has 6 nitrogen and oxygen atoms in total. The first-order valence-corrected chi connectivity index (χ1v) is 10.2. The molecule has 0 unspecified atom stereocenters. The van der Waals surface area contributed by atoms with E-state index in [1.165, 1.54) is 29.2 Å². The van der Waals surface area contributed by atoms with E-state index in [1.54, 1.807) is 39.1 Å². The van der Waals surface area contributed by atoms with Crippen molar-refractivity contribution in [3.8, 4) is 0 Å². The molecule has 0 fully saturated rings. The Bertz CT molecular complexity index is 1080. The number of halogens is 2. The van der Waals surface area contributed by atoms with E-state index in [2.05, 4.69) is 9.71 Å². The van der Waals surface area contributed by atoms with Crippen molar-refractivity contribution in [2.45, 2.75) is 24.3 Å². The summed E-state index contributed by atoms with van der Waals surface area (Å²) in [6, 6.07) is 10.4. The molecule has 3 rings (SSSR count). The van der Waals surface area contributed by atoms with Crippen LogP contribution in [0, 0.1) is 5.82 Å². The summed E-state index contributed by atoms with van der Waals surface area (Å²) >= 11 is 6.11. The standard InChI is InChI=1S/C19H19ClFN3O3S/c1-19(2,14-9-8-12(21)10-15(14)20)22-17(25)11-24(3)18-13-6-4-5-7-16(13)28(26,27)23-18/h4-10H,11H2,1-3H3,(H,22,25). The third-order valence-electron chi connectivity index (χ3n) is 4.41. The number of nitrogens with one attached hydrogen (secondary N) is 1. The molecule has 148 valence electrons. The second-order valence-corrected chi connectivity index (χ2v) is 9.02. The van der Waals surface area contributed by atoms with Gasteiger partial charge < -0.3 is 10.2 Å². The molecule has 0 aliphatic carbocycles. The highest BCUT2D eigenvalue weighted by atomic mass is 35.5. The summed E-state index contributed by atoms with van der Waals surface area (Å²) in [7, 11) is -2.17. The Labute approximate surface area is 168 Å². The van der Waals surface area contributed by atoms with Crippen molar-refractivity contribution in [1.82, 2.24) is 10.2 Å². The van der Waals surface area contributed by atoms with Crippen LogP contribution in [0.2, 0.25) is 5.02 Å². The smallest absolute Gasteiger partial charge is 0.285 e. The molecule has 0 saturated carbocycles. The fourth-order valence-electron chi connectivity index (χ4n) is 3.11. The molecule has 9 heteroatoms. The lowest BCUT2D eigenvalue weighted by molar-refractivity contribution is -0.122. The topological polar surface area (TPSA) is 78.8 Å². The monoisotopic (exact) mass is 423 g/mol. The van der Waals surface area contributed by atoms with Gasteiger partial charge in [-0.15, -0.1) is 4.40 Å². The summed E-state index contributed by atoms with van der Waals surface area (Å²) in [5.74, 6) is -0.615. The first-order chi connectivity index (χ1) is 13.0. The Hall–Kier alpha value is -2.45. The van der Waals surface area contributed by atoms with Crippen LogP contribution in [0.25, 0.3) is 0 Å². The summed E-state index contributed by atoms with van der Waals surface area (Å²) in [5, 5.41) is 3.05. The van der Waals surface area contributed by atoms with E-state index in [0.29, 0.717) is 11.1 Å². The van der Waals surface area contributed by atoms with Crippen LogP contribution in [0.3, 0.4) is 0 Å². The first-order valence-electron chi connectivity index (χ1n) is 8.43.